The summed E-state index contributed by atoms with van der Waals surface area (Å²) in [5, 5.41) is 5.86. The number of thiophene rings is 1. The maximum atomic E-state index is 4.61. The van der Waals surface area contributed by atoms with Crippen LogP contribution in [0.5, 0.6) is 0 Å². The smallest absolute Gasteiger partial charge is 0.0701 e. The summed E-state index contributed by atoms with van der Waals surface area (Å²) in [6.07, 6.45) is 2.85. The second-order valence-electron chi connectivity index (χ2n) is 4.67. The number of likely N-dealkylation sites (N-methyl/N-ethyl adjacent to an activating group) is 1. The first kappa shape index (κ1) is 13.7. The van der Waals surface area contributed by atoms with Crippen LogP contribution in [0.25, 0.3) is 10.8 Å². The molecule has 4 heteroatoms. The molecule has 0 amide bonds. The second kappa shape index (κ2) is 6.04. The predicted molar refractivity (Wildman–Crippen MR) is 89.3 cm³/mol. The third-order valence-corrected chi connectivity index (χ3v) is 5.06. The molecule has 0 spiro atoms. The van der Waals surface area contributed by atoms with Crippen molar-refractivity contribution < 1.29 is 0 Å². The Morgan fingerprint density at radius 2 is 2.05 bits per heavy atom. The fourth-order valence-corrected chi connectivity index (χ4v) is 3.95. The van der Waals surface area contributed by atoms with Gasteiger partial charge in [-0.1, -0.05) is 24.3 Å². The Balaban J connectivity index is 1.98. The van der Waals surface area contributed by atoms with Gasteiger partial charge in [0, 0.05) is 22.9 Å². The SMILES string of the molecule is CNC(Cc1ccc(Br)s1)c1nccc2ccccc12. The first-order valence-corrected chi connectivity index (χ1v) is 8.14. The van der Waals surface area contributed by atoms with E-state index >= 15 is 0 Å². The van der Waals surface area contributed by atoms with E-state index in [1.54, 1.807) is 11.3 Å². The van der Waals surface area contributed by atoms with Crippen LogP contribution in [0.15, 0.2) is 52.4 Å². The maximum absolute atomic E-state index is 4.61. The van der Waals surface area contributed by atoms with Crippen LogP contribution in [0.4, 0.5) is 0 Å². The van der Waals surface area contributed by atoms with Gasteiger partial charge in [-0.25, -0.2) is 0 Å². The van der Waals surface area contributed by atoms with Crippen LogP contribution in [0.2, 0.25) is 0 Å². The molecule has 2 aromatic heterocycles. The number of hydrogen-bond donors (Lipinski definition) is 1. The normalized spacial score (nSPS) is 12.7. The zero-order valence-corrected chi connectivity index (χ0v) is 13.5. The number of fused-ring (bicyclic) bond motifs is 1. The average Bonchev–Trinajstić information content (AvgIpc) is 2.89. The molecule has 0 aliphatic carbocycles. The van der Waals surface area contributed by atoms with E-state index in [9.17, 15) is 0 Å². The van der Waals surface area contributed by atoms with Crippen molar-refractivity contribution >= 4 is 38.0 Å². The highest BCUT2D eigenvalue weighted by molar-refractivity contribution is 9.11. The first-order chi connectivity index (χ1) is 9.78. The average molecular weight is 347 g/mol. The molecule has 0 aliphatic heterocycles. The van der Waals surface area contributed by atoms with Crippen LogP contribution in [-0.4, -0.2) is 12.0 Å². The van der Waals surface area contributed by atoms with Crippen molar-refractivity contribution in [3.63, 3.8) is 0 Å². The molecule has 0 radical (unpaired) electrons. The van der Waals surface area contributed by atoms with E-state index in [4.69, 9.17) is 0 Å². The molecule has 1 unspecified atom stereocenters. The van der Waals surface area contributed by atoms with Crippen LogP contribution < -0.4 is 5.32 Å². The van der Waals surface area contributed by atoms with Gasteiger partial charge >= 0.3 is 0 Å². The lowest BCUT2D eigenvalue weighted by Gasteiger charge is -2.16. The lowest BCUT2D eigenvalue weighted by molar-refractivity contribution is 0.585. The molecule has 1 N–H and O–H groups in total. The van der Waals surface area contributed by atoms with Gasteiger partial charge in [-0.15, -0.1) is 11.3 Å². The Labute approximate surface area is 131 Å². The van der Waals surface area contributed by atoms with E-state index < -0.39 is 0 Å². The monoisotopic (exact) mass is 346 g/mol. The molecule has 1 atom stereocenters. The molecule has 102 valence electrons. The zero-order chi connectivity index (χ0) is 13.9. The van der Waals surface area contributed by atoms with E-state index in [1.807, 2.05) is 13.2 Å². The lowest BCUT2D eigenvalue weighted by atomic mass is 10.0. The summed E-state index contributed by atoms with van der Waals surface area (Å²) in [5.41, 5.74) is 1.12. The Kier molecular flexibility index (Phi) is 4.15. The van der Waals surface area contributed by atoms with Crippen molar-refractivity contribution in [2.45, 2.75) is 12.5 Å². The minimum Gasteiger partial charge on any atom is -0.311 e. The van der Waals surface area contributed by atoms with Crippen LogP contribution in [0.3, 0.4) is 0 Å². The van der Waals surface area contributed by atoms with Crippen molar-refractivity contribution in [1.29, 1.82) is 0 Å². The Morgan fingerprint density at radius 3 is 2.80 bits per heavy atom. The predicted octanol–water partition coefficient (Wildman–Crippen LogP) is 4.56. The largest absolute Gasteiger partial charge is 0.311 e. The summed E-state index contributed by atoms with van der Waals surface area (Å²) < 4.78 is 1.17. The first-order valence-electron chi connectivity index (χ1n) is 6.53. The highest BCUT2D eigenvalue weighted by Gasteiger charge is 2.15. The van der Waals surface area contributed by atoms with Crippen molar-refractivity contribution in [2.24, 2.45) is 0 Å². The molecule has 0 fully saturated rings. The van der Waals surface area contributed by atoms with E-state index in [0.29, 0.717) is 0 Å². The van der Waals surface area contributed by atoms with Gasteiger partial charge in [-0.05, 0) is 46.6 Å². The number of benzene rings is 1. The number of nitrogens with one attached hydrogen (secondary N) is 1. The van der Waals surface area contributed by atoms with Crippen molar-refractivity contribution in [2.75, 3.05) is 7.05 Å². The van der Waals surface area contributed by atoms with E-state index in [2.05, 4.69) is 68.7 Å². The minimum absolute atomic E-state index is 0.228. The molecule has 1 aromatic carbocycles. The van der Waals surface area contributed by atoms with E-state index in [0.717, 1.165) is 12.1 Å². The minimum atomic E-state index is 0.228. The molecule has 0 saturated carbocycles. The summed E-state index contributed by atoms with van der Waals surface area (Å²) in [4.78, 5) is 5.96. The Hall–Kier alpha value is -1.23. The maximum Gasteiger partial charge on any atom is 0.0701 e. The van der Waals surface area contributed by atoms with Gasteiger partial charge in [0.05, 0.1) is 15.5 Å². The molecule has 3 rings (SSSR count). The molecular weight excluding hydrogens is 332 g/mol. The number of hydrogen-bond acceptors (Lipinski definition) is 3. The number of pyridine rings is 1. The summed E-state index contributed by atoms with van der Waals surface area (Å²) in [5.74, 6) is 0. The molecule has 20 heavy (non-hydrogen) atoms. The van der Waals surface area contributed by atoms with Gasteiger partial charge in [0.25, 0.3) is 0 Å². The zero-order valence-electron chi connectivity index (χ0n) is 11.1. The summed E-state index contributed by atoms with van der Waals surface area (Å²) >= 11 is 5.30. The quantitative estimate of drug-likeness (QED) is 0.748. The van der Waals surface area contributed by atoms with Gasteiger partial charge in [-0.2, -0.15) is 0 Å². The highest BCUT2D eigenvalue weighted by Crippen LogP contribution is 2.29. The molecule has 2 nitrogen and oxygen atoms in total. The third kappa shape index (κ3) is 2.77. The summed E-state index contributed by atoms with van der Waals surface area (Å²) in [6, 6.07) is 15.0. The topological polar surface area (TPSA) is 24.9 Å². The Bertz CT molecular complexity index is 718. The van der Waals surface area contributed by atoms with Crippen LogP contribution in [0.1, 0.15) is 16.6 Å². The fraction of sp³-hybridized carbons (Fsp3) is 0.188. The summed E-state index contributed by atoms with van der Waals surface area (Å²) in [6.45, 7) is 0. The Morgan fingerprint density at radius 1 is 1.20 bits per heavy atom. The fourth-order valence-electron chi connectivity index (χ4n) is 2.42. The van der Waals surface area contributed by atoms with Gasteiger partial charge in [-0.3, -0.25) is 4.98 Å². The van der Waals surface area contributed by atoms with E-state index in [-0.39, 0.29) is 6.04 Å². The number of aromatic nitrogens is 1. The van der Waals surface area contributed by atoms with Crippen LogP contribution >= 0.6 is 27.3 Å². The van der Waals surface area contributed by atoms with Crippen LogP contribution in [-0.2, 0) is 6.42 Å². The van der Waals surface area contributed by atoms with Gasteiger partial charge < -0.3 is 5.32 Å². The van der Waals surface area contributed by atoms with Crippen LogP contribution in [0, 0.1) is 0 Å². The molecule has 0 bridgehead atoms. The summed E-state index contributed by atoms with van der Waals surface area (Å²) in [7, 11) is 2.00. The number of halogens is 1. The van der Waals surface area contributed by atoms with Crippen molar-refractivity contribution in [1.82, 2.24) is 10.3 Å². The molecule has 0 aliphatic rings. The molecule has 2 heterocycles. The molecule has 3 aromatic rings. The number of nitrogens with zero attached hydrogens (tertiary/aromatic N) is 1. The van der Waals surface area contributed by atoms with E-state index in [1.165, 1.54) is 19.4 Å². The molecule has 0 saturated heterocycles. The van der Waals surface area contributed by atoms with Crippen molar-refractivity contribution in [3.8, 4) is 0 Å². The van der Waals surface area contributed by atoms with Gasteiger partial charge in [0.1, 0.15) is 0 Å². The van der Waals surface area contributed by atoms with Crippen molar-refractivity contribution in [3.05, 3.63) is 63.0 Å². The number of rotatable bonds is 4. The second-order valence-corrected chi connectivity index (χ2v) is 7.22. The standard InChI is InChI=1S/C16H15BrN2S/c1-18-14(10-12-6-7-15(17)20-12)16-13-5-3-2-4-11(13)8-9-19-16/h2-9,14,18H,10H2,1H3. The molecular formula is C16H15BrN2S. The van der Waals surface area contributed by atoms with Gasteiger partial charge in [0.2, 0.25) is 0 Å². The highest BCUT2D eigenvalue weighted by atomic mass is 79.9. The third-order valence-electron chi connectivity index (χ3n) is 3.42. The lowest BCUT2D eigenvalue weighted by Crippen LogP contribution is -2.20. The van der Waals surface area contributed by atoms with Gasteiger partial charge in [0.15, 0.2) is 0 Å².